The van der Waals surface area contributed by atoms with Crippen LogP contribution in [0.25, 0.3) is 123 Å². The third kappa shape index (κ3) is 15.9. The number of nitrogens with zero attached hydrogens (tertiary/aromatic N) is 5. The smallest absolute Gasteiger partial charge is 0.212 e. The Morgan fingerprint density at radius 3 is 1.20 bits per heavy atom. The lowest BCUT2D eigenvalue weighted by Crippen LogP contribution is -2.32. The average molecular weight is 1570 g/mol. The summed E-state index contributed by atoms with van der Waals surface area (Å²) < 4.78 is 99.8. The molecule has 15 aromatic rings. The second kappa shape index (κ2) is 32.7. The zero-order valence-corrected chi connectivity index (χ0v) is 72.5. The number of aryl methyl sites for hydroxylation is 8. The van der Waals surface area contributed by atoms with Gasteiger partial charge in [0, 0.05) is 102 Å². The topological polar surface area (TPSA) is 28.4 Å². The van der Waals surface area contributed by atoms with E-state index < -0.39 is 43.2 Å². The number of aromatic nitrogens is 5. The highest BCUT2D eigenvalue weighted by Gasteiger charge is 2.34. The summed E-state index contributed by atoms with van der Waals surface area (Å²) in [5.41, 5.74) is 44.8. The van der Waals surface area contributed by atoms with Crippen LogP contribution in [0.3, 0.4) is 0 Å². The summed E-state index contributed by atoms with van der Waals surface area (Å²) in [7, 11) is 8.04. The van der Waals surface area contributed by atoms with Gasteiger partial charge in [0.05, 0.1) is 5.69 Å². The highest BCUT2D eigenvalue weighted by atomic mass is 14.9. The molecule has 0 saturated carbocycles. The molecule has 0 fully saturated rings. The zero-order valence-electron chi connectivity index (χ0n) is 83.5. The van der Waals surface area contributed by atoms with E-state index in [0.29, 0.717) is 6.42 Å². The Morgan fingerprint density at radius 2 is 0.748 bits per heavy atom. The first-order valence-electron chi connectivity index (χ1n) is 47.4. The van der Waals surface area contributed by atoms with E-state index in [1.165, 1.54) is 145 Å². The summed E-state index contributed by atoms with van der Waals surface area (Å²) in [6.07, 6.45) is 7.93. The first-order valence-corrected chi connectivity index (χ1v) is 41.9. The van der Waals surface area contributed by atoms with Crippen molar-refractivity contribution in [3.05, 3.63) is 373 Å². The van der Waals surface area contributed by atoms with Crippen molar-refractivity contribution in [3.8, 4) is 123 Å². The number of benzene rings is 10. The lowest BCUT2D eigenvalue weighted by atomic mass is 9.85. The molecule has 119 heavy (non-hydrogen) atoms. The van der Waals surface area contributed by atoms with Crippen LogP contribution in [0.1, 0.15) is 182 Å². The standard InChI is InChI=1S/2C32H34N.C30H30N.C20H19N2/c1-21-20-33(6)30(17-25(21)19-32(3,4)5)27-18-29(23-12-8-7-9-13-23)31-26-15-11-10-14-24(26)16-28(31)22(27)2;1-21-16-30(33(6)20-25(21)19-32(3,4)5)27-18-29(23-12-8-7-9-13-23)31-26-15-11-10-14-24(26)17-28(31)22(27)2;1-19(2)28-18-31(5)29(15-20(28)3)25-17-27(22-11-7-6-8-12-22)30-24-14-10-9-13-23(24)16-26(30)21(25)4;1-13-7-8-17-16-10-9-15(20-6-4-5-11-22(20)3)14(2)18(16)12-19(17)21-13/h7-15,17-18,20H,16,19H2,1-6H3;7-16,18,20H,17,19H2,1-6H3;6-15,17-19H,16H2,1-5H3;4-11H,12H2,1-3H3/q4*+1/i1D3,19D2;19D2;19D;1D3. The Labute approximate surface area is 724 Å². The molecule has 5 nitrogen and oxygen atoms in total. The fourth-order valence-electron chi connectivity index (χ4n) is 18.6. The van der Waals surface area contributed by atoms with Crippen molar-refractivity contribution >= 4 is 0 Å². The number of hydrogen-bond acceptors (Lipinski definition) is 1. The van der Waals surface area contributed by atoms with E-state index >= 15 is 0 Å². The SMILES string of the molecule is [2H]C(C)(C)c1c[n+](C)c(-c2cc(-c3ccccc3)c3c(c2C)Cc2ccccc2-3)cc1C.[2H]C([2H])([2H])c1c[n+](C)c(-c2cc(-c3ccccc3)c3c(c2C)Cc2ccccc2-3)cc1C([2H])([2H])C(C)(C)C.[2H]C([2H])([2H])c1ccc2c(n1)Cc1c-2ccc(-c2cccc[n+]2C)c1C.[2H]C([2H])(c1c[n+](C)c(-c2cc(-c3ccccc3)c3c(c2C)Cc2ccccc2-3)cc1C)C(C)(C)C. The monoisotopic (exact) mass is 1570 g/mol. The maximum atomic E-state index is 9.02. The van der Waals surface area contributed by atoms with Crippen molar-refractivity contribution in [3.63, 3.8) is 0 Å². The van der Waals surface area contributed by atoms with Gasteiger partial charge in [0.25, 0.3) is 0 Å². The normalized spacial score (nSPS) is 14.3. The van der Waals surface area contributed by atoms with Crippen LogP contribution >= 0.6 is 0 Å². The summed E-state index contributed by atoms with van der Waals surface area (Å²) in [5.74, 6) is -0.621. The Balaban J connectivity index is 0.000000128. The second-order valence-electron chi connectivity index (χ2n) is 35.4. The van der Waals surface area contributed by atoms with E-state index in [1.807, 2.05) is 137 Å². The number of rotatable bonds is 10. The molecule has 0 atom stereocenters. The summed E-state index contributed by atoms with van der Waals surface area (Å²) >= 11 is 0. The lowest BCUT2D eigenvalue weighted by Gasteiger charge is -2.20. The molecule has 4 aliphatic rings. The van der Waals surface area contributed by atoms with Gasteiger partial charge in [-0.3, -0.25) is 4.98 Å². The van der Waals surface area contributed by atoms with Gasteiger partial charge in [-0.05, 0) is 291 Å². The van der Waals surface area contributed by atoms with Crippen molar-refractivity contribution in [1.29, 1.82) is 0 Å². The molecule has 0 N–H and O–H groups in total. The number of fused-ring (bicyclic) bond motifs is 12. The van der Waals surface area contributed by atoms with E-state index in [-0.39, 0.29) is 16.8 Å². The van der Waals surface area contributed by atoms with Crippen molar-refractivity contribution < 1.29 is 33.3 Å². The van der Waals surface area contributed by atoms with Crippen LogP contribution in [0.5, 0.6) is 0 Å². The number of hydrogen-bond donors (Lipinski definition) is 0. The lowest BCUT2D eigenvalue weighted by molar-refractivity contribution is -0.661. The molecule has 5 heteroatoms. The van der Waals surface area contributed by atoms with Gasteiger partial charge < -0.3 is 0 Å². The Hall–Kier alpha value is -12.1. The Bertz CT molecular complexity index is 6980. The molecule has 0 spiro atoms. The number of pyridine rings is 5. The van der Waals surface area contributed by atoms with Gasteiger partial charge in [-0.25, -0.2) is 18.3 Å². The van der Waals surface area contributed by atoms with Crippen LogP contribution in [-0.2, 0) is 66.6 Å². The molecule has 5 heterocycles. The fraction of sp³-hybridized carbons (Fsp3) is 0.254. The van der Waals surface area contributed by atoms with Crippen LogP contribution in [0.4, 0.5) is 0 Å². The van der Waals surface area contributed by atoms with Crippen LogP contribution in [0, 0.1) is 66.1 Å². The van der Waals surface area contributed by atoms with Crippen molar-refractivity contribution in [1.82, 2.24) is 4.98 Å². The highest BCUT2D eigenvalue weighted by molar-refractivity contribution is 5.97. The minimum absolute atomic E-state index is 0.0539. The third-order valence-electron chi connectivity index (χ3n) is 24.5. The van der Waals surface area contributed by atoms with Crippen LogP contribution in [0.15, 0.2) is 267 Å². The molecular formula is C114H117N5+4. The molecule has 0 saturated heterocycles. The van der Waals surface area contributed by atoms with E-state index in [2.05, 4.69) is 261 Å². The molecule has 19 rings (SSSR count). The average Bonchev–Trinajstić information content (AvgIpc) is 1.44. The Kier molecular flexibility index (Phi) is 18.7. The second-order valence-corrected chi connectivity index (χ2v) is 35.4. The maximum absolute atomic E-state index is 9.02. The molecule has 0 amide bonds. The summed E-state index contributed by atoms with van der Waals surface area (Å²) in [5, 5.41) is 0. The van der Waals surface area contributed by atoms with Crippen molar-refractivity contribution in [2.45, 2.75) is 155 Å². The van der Waals surface area contributed by atoms with Gasteiger partial charge >= 0.3 is 0 Å². The summed E-state index contributed by atoms with van der Waals surface area (Å²) in [4.78, 5) is 4.43. The van der Waals surface area contributed by atoms with Crippen molar-refractivity contribution in [2.24, 2.45) is 39.0 Å². The molecule has 0 radical (unpaired) electrons. The van der Waals surface area contributed by atoms with Crippen LogP contribution in [0.2, 0.25) is 0 Å². The maximum Gasteiger partial charge on any atom is 0.212 e. The van der Waals surface area contributed by atoms with E-state index in [4.69, 9.17) is 15.1 Å². The first-order chi connectivity index (χ1) is 61.3. The van der Waals surface area contributed by atoms with Gasteiger partial charge in [0.2, 0.25) is 22.8 Å². The summed E-state index contributed by atoms with van der Waals surface area (Å²) in [6, 6.07) is 85.0. The third-order valence-corrected chi connectivity index (χ3v) is 24.5. The first kappa shape index (κ1) is 67.9. The van der Waals surface area contributed by atoms with E-state index in [1.54, 1.807) is 18.3 Å². The van der Waals surface area contributed by atoms with Crippen LogP contribution < -0.4 is 18.3 Å². The molecule has 5 aromatic heterocycles. The molecule has 0 bridgehead atoms. The van der Waals surface area contributed by atoms with E-state index in [9.17, 15) is 0 Å². The van der Waals surface area contributed by atoms with Gasteiger partial charge in [-0.1, -0.05) is 231 Å². The molecule has 4 aliphatic carbocycles. The molecular weight excluding hydrogens is 1440 g/mol. The van der Waals surface area contributed by atoms with Gasteiger partial charge in [0.1, 0.15) is 28.2 Å². The predicted molar refractivity (Wildman–Crippen MR) is 498 cm³/mol. The largest absolute Gasteiger partial charge is 0.257 e. The zero-order chi connectivity index (χ0) is 93.1. The molecule has 10 aromatic carbocycles. The van der Waals surface area contributed by atoms with Gasteiger partial charge in [0.15, 0.2) is 24.8 Å². The molecule has 0 unspecified atom stereocenters. The predicted octanol–water partition coefficient (Wildman–Crippen LogP) is 26.2. The molecule has 0 aliphatic heterocycles. The van der Waals surface area contributed by atoms with Crippen LogP contribution in [-0.4, -0.2) is 4.98 Å². The Morgan fingerprint density at radius 1 is 0.345 bits per heavy atom. The fourth-order valence-corrected chi connectivity index (χ4v) is 18.6. The highest BCUT2D eigenvalue weighted by Crippen LogP contribution is 2.52. The van der Waals surface area contributed by atoms with E-state index in [0.717, 1.165) is 86.5 Å². The van der Waals surface area contributed by atoms with Gasteiger partial charge in [-0.15, -0.1) is 0 Å². The minimum atomic E-state index is -2.44. The minimum Gasteiger partial charge on any atom is -0.257 e. The van der Waals surface area contributed by atoms with Gasteiger partial charge in [-0.2, -0.15) is 0 Å². The molecule has 594 valence electrons. The quantitative estimate of drug-likeness (QED) is 0.125. The van der Waals surface area contributed by atoms with Crippen molar-refractivity contribution in [2.75, 3.05) is 0 Å². The summed E-state index contributed by atoms with van der Waals surface area (Å²) in [6.45, 7) is 23.6.